The average Bonchev–Trinajstić information content (AvgIpc) is 2.08. The van der Waals surface area contributed by atoms with Crippen LogP contribution in [0.5, 0.6) is 0 Å². The first-order valence-corrected chi connectivity index (χ1v) is 3.90. The highest BCUT2D eigenvalue weighted by Crippen LogP contribution is 2.00. The molecular weight excluding hydrogens is 171 g/mol. The molecule has 1 heterocycles. The van der Waals surface area contributed by atoms with Crippen LogP contribution in [0.25, 0.3) is 0 Å². The first-order valence-electron chi connectivity index (χ1n) is 3.90. The number of amides is 1. The zero-order valence-corrected chi connectivity index (χ0v) is 7.62. The zero-order valence-electron chi connectivity index (χ0n) is 7.62. The van der Waals surface area contributed by atoms with Gasteiger partial charge < -0.3 is 4.90 Å². The standard InChI is InChI=1S/C9H11FN2O/c1-12(2)9(13)5-8-4-3-7(10)6-11-8/h3-4,6H,5H2,1-2H3. The van der Waals surface area contributed by atoms with Crippen molar-refractivity contribution in [2.24, 2.45) is 0 Å². The van der Waals surface area contributed by atoms with Crippen LogP contribution in [0, 0.1) is 5.82 Å². The summed E-state index contributed by atoms with van der Waals surface area (Å²) in [5, 5.41) is 0. The largest absolute Gasteiger partial charge is 0.348 e. The van der Waals surface area contributed by atoms with Gasteiger partial charge in [-0.25, -0.2) is 4.39 Å². The lowest BCUT2D eigenvalue weighted by molar-refractivity contribution is -0.128. The molecule has 1 rings (SSSR count). The predicted octanol–water partition coefficient (Wildman–Crippen LogP) is 0.851. The van der Waals surface area contributed by atoms with E-state index in [9.17, 15) is 9.18 Å². The smallest absolute Gasteiger partial charge is 0.228 e. The van der Waals surface area contributed by atoms with Crippen LogP contribution in [0.4, 0.5) is 4.39 Å². The van der Waals surface area contributed by atoms with Crippen molar-refractivity contribution >= 4 is 5.91 Å². The van der Waals surface area contributed by atoms with Gasteiger partial charge >= 0.3 is 0 Å². The van der Waals surface area contributed by atoms with Gasteiger partial charge in [0.1, 0.15) is 5.82 Å². The Kier molecular flexibility index (Phi) is 2.95. The quantitative estimate of drug-likeness (QED) is 0.679. The van der Waals surface area contributed by atoms with Gasteiger partial charge in [-0.3, -0.25) is 9.78 Å². The summed E-state index contributed by atoms with van der Waals surface area (Å²) >= 11 is 0. The van der Waals surface area contributed by atoms with Crippen LogP contribution in [0.15, 0.2) is 18.3 Å². The topological polar surface area (TPSA) is 33.2 Å². The SMILES string of the molecule is CN(C)C(=O)Cc1ccc(F)cn1. The highest BCUT2D eigenvalue weighted by molar-refractivity contribution is 5.77. The van der Waals surface area contributed by atoms with Crippen molar-refractivity contribution in [1.82, 2.24) is 9.88 Å². The average molecular weight is 182 g/mol. The number of rotatable bonds is 2. The van der Waals surface area contributed by atoms with Crippen LogP contribution >= 0.6 is 0 Å². The van der Waals surface area contributed by atoms with Gasteiger partial charge in [-0.15, -0.1) is 0 Å². The third-order valence-corrected chi connectivity index (χ3v) is 1.62. The minimum Gasteiger partial charge on any atom is -0.348 e. The lowest BCUT2D eigenvalue weighted by Gasteiger charge is -2.08. The fourth-order valence-corrected chi connectivity index (χ4v) is 0.824. The number of halogens is 1. The van der Waals surface area contributed by atoms with E-state index in [0.717, 1.165) is 6.20 Å². The van der Waals surface area contributed by atoms with Crippen molar-refractivity contribution in [1.29, 1.82) is 0 Å². The maximum absolute atomic E-state index is 12.4. The third kappa shape index (κ3) is 2.82. The van der Waals surface area contributed by atoms with Gasteiger partial charge in [0, 0.05) is 19.8 Å². The minimum atomic E-state index is -0.388. The zero-order chi connectivity index (χ0) is 9.84. The van der Waals surface area contributed by atoms with E-state index in [1.165, 1.54) is 17.0 Å². The van der Waals surface area contributed by atoms with Crippen LogP contribution in [0.1, 0.15) is 5.69 Å². The highest BCUT2D eigenvalue weighted by atomic mass is 19.1. The molecule has 0 radical (unpaired) electrons. The molecule has 0 bridgehead atoms. The Morgan fingerprint density at radius 3 is 2.69 bits per heavy atom. The summed E-state index contributed by atoms with van der Waals surface area (Å²) in [5.74, 6) is -0.430. The van der Waals surface area contributed by atoms with E-state index in [1.807, 2.05) is 0 Å². The molecule has 1 aromatic rings. The van der Waals surface area contributed by atoms with Crippen LogP contribution in [0.2, 0.25) is 0 Å². The van der Waals surface area contributed by atoms with Gasteiger partial charge in [0.2, 0.25) is 5.91 Å². The van der Waals surface area contributed by atoms with E-state index in [0.29, 0.717) is 5.69 Å². The number of hydrogen-bond acceptors (Lipinski definition) is 2. The summed E-state index contributed by atoms with van der Waals surface area (Å²) in [5.41, 5.74) is 0.583. The molecule has 0 fully saturated rings. The van der Waals surface area contributed by atoms with Crippen molar-refractivity contribution in [3.63, 3.8) is 0 Å². The first-order chi connectivity index (χ1) is 6.09. The van der Waals surface area contributed by atoms with E-state index in [1.54, 1.807) is 14.1 Å². The summed E-state index contributed by atoms with van der Waals surface area (Å²) < 4.78 is 12.4. The monoisotopic (exact) mass is 182 g/mol. The Bertz CT molecular complexity index is 295. The highest BCUT2D eigenvalue weighted by Gasteiger charge is 2.05. The normalized spacial score (nSPS) is 9.77. The van der Waals surface area contributed by atoms with Crippen LogP contribution in [-0.4, -0.2) is 29.9 Å². The fourth-order valence-electron chi connectivity index (χ4n) is 0.824. The van der Waals surface area contributed by atoms with Gasteiger partial charge in [0.15, 0.2) is 0 Å². The number of nitrogens with zero attached hydrogens (tertiary/aromatic N) is 2. The second-order valence-corrected chi connectivity index (χ2v) is 2.93. The Balaban J connectivity index is 2.65. The van der Waals surface area contributed by atoms with E-state index in [-0.39, 0.29) is 18.1 Å². The Morgan fingerprint density at radius 2 is 2.23 bits per heavy atom. The lowest BCUT2D eigenvalue weighted by Crippen LogP contribution is -2.23. The second kappa shape index (κ2) is 3.98. The molecule has 0 aliphatic heterocycles. The molecule has 0 saturated heterocycles. The number of carbonyl (C=O) groups excluding carboxylic acids is 1. The Labute approximate surface area is 76.2 Å². The second-order valence-electron chi connectivity index (χ2n) is 2.93. The van der Waals surface area contributed by atoms with Crippen LogP contribution in [0.3, 0.4) is 0 Å². The number of carbonyl (C=O) groups is 1. The van der Waals surface area contributed by atoms with Gasteiger partial charge in [-0.05, 0) is 12.1 Å². The minimum absolute atomic E-state index is 0.0425. The Morgan fingerprint density at radius 1 is 1.54 bits per heavy atom. The van der Waals surface area contributed by atoms with Crippen molar-refractivity contribution in [3.8, 4) is 0 Å². The van der Waals surface area contributed by atoms with Crippen molar-refractivity contribution in [3.05, 3.63) is 29.8 Å². The van der Waals surface area contributed by atoms with Gasteiger partial charge in [-0.2, -0.15) is 0 Å². The van der Waals surface area contributed by atoms with E-state index in [2.05, 4.69) is 4.98 Å². The molecule has 0 saturated carbocycles. The molecule has 13 heavy (non-hydrogen) atoms. The van der Waals surface area contributed by atoms with Gasteiger partial charge in [0.25, 0.3) is 0 Å². The van der Waals surface area contributed by atoms with Crippen molar-refractivity contribution in [2.45, 2.75) is 6.42 Å². The number of likely N-dealkylation sites (N-methyl/N-ethyl adjacent to an activating group) is 1. The number of aromatic nitrogens is 1. The maximum atomic E-state index is 12.4. The molecule has 70 valence electrons. The number of hydrogen-bond donors (Lipinski definition) is 0. The van der Waals surface area contributed by atoms with Crippen LogP contribution in [-0.2, 0) is 11.2 Å². The van der Waals surface area contributed by atoms with E-state index >= 15 is 0 Å². The molecule has 0 N–H and O–H groups in total. The van der Waals surface area contributed by atoms with Crippen molar-refractivity contribution < 1.29 is 9.18 Å². The fraction of sp³-hybridized carbons (Fsp3) is 0.333. The molecule has 3 nitrogen and oxygen atoms in total. The summed E-state index contributed by atoms with van der Waals surface area (Å²) in [6.07, 6.45) is 1.32. The third-order valence-electron chi connectivity index (χ3n) is 1.62. The maximum Gasteiger partial charge on any atom is 0.228 e. The summed E-state index contributed by atoms with van der Waals surface area (Å²) in [6.45, 7) is 0. The van der Waals surface area contributed by atoms with E-state index < -0.39 is 0 Å². The molecule has 0 aromatic carbocycles. The van der Waals surface area contributed by atoms with Gasteiger partial charge in [0.05, 0.1) is 12.6 Å². The molecule has 0 aliphatic rings. The molecule has 0 unspecified atom stereocenters. The summed E-state index contributed by atoms with van der Waals surface area (Å²) in [4.78, 5) is 16.4. The Hall–Kier alpha value is -1.45. The summed E-state index contributed by atoms with van der Waals surface area (Å²) in [7, 11) is 3.34. The van der Waals surface area contributed by atoms with E-state index in [4.69, 9.17) is 0 Å². The van der Waals surface area contributed by atoms with Gasteiger partial charge in [-0.1, -0.05) is 0 Å². The van der Waals surface area contributed by atoms with Crippen LogP contribution < -0.4 is 0 Å². The van der Waals surface area contributed by atoms with Crippen molar-refractivity contribution in [2.75, 3.05) is 14.1 Å². The summed E-state index contributed by atoms with van der Waals surface area (Å²) in [6, 6.07) is 2.81. The molecule has 0 spiro atoms. The predicted molar refractivity (Wildman–Crippen MR) is 46.6 cm³/mol. The molecule has 1 aromatic heterocycles. The first kappa shape index (κ1) is 9.64. The molecule has 0 atom stereocenters. The molecule has 4 heteroatoms. The molecule has 1 amide bonds. The lowest BCUT2D eigenvalue weighted by atomic mass is 10.2. The molecular formula is C9H11FN2O. The molecule has 0 aliphatic carbocycles. The number of pyridine rings is 1.